The summed E-state index contributed by atoms with van der Waals surface area (Å²) in [6.45, 7) is 0. The van der Waals surface area contributed by atoms with Gasteiger partial charge in [-0.3, -0.25) is 4.79 Å². The maximum absolute atomic E-state index is 12.8. The standard InChI is InChI=1S/C20H23ClF3NO4S2/c1-29-19(26)6-2-4-15-9-12-18(30-15)17(5-3-13-20(22,23)24)25-31(27,28)16-10-7-14(21)8-11-16/h7-12,17,25H,2-6,13H2,1H3. The number of hydrogen-bond acceptors (Lipinski definition) is 5. The Labute approximate surface area is 188 Å². The van der Waals surface area contributed by atoms with E-state index in [4.69, 9.17) is 11.6 Å². The second-order valence-electron chi connectivity index (χ2n) is 6.87. The van der Waals surface area contributed by atoms with Crippen LogP contribution in [-0.4, -0.2) is 27.7 Å². The number of halogens is 4. The first-order valence-corrected chi connectivity index (χ1v) is 12.2. The monoisotopic (exact) mass is 497 g/mol. The molecule has 1 heterocycles. The van der Waals surface area contributed by atoms with Crippen molar-refractivity contribution in [1.82, 2.24) is 4.72 Å². The first-order valence-electron chi connectivity index (χ1n) is 9.50. The Morgan fingerprint density at radius 3 is 2.45 bits per heavy atom. The van der Waals surface area contributed by atoms with Crippen LogP contribution in [0.2, 0.25) is 5.02 Å². The van der Waals surface area contributed by atoms with Gasteiger partial charge < -0.3 is 4.74 Å². The van der Waals surface area contributed by atoms with Crippen LogP contribution in [0, 0.1) is 0 Å². The highest BCUT2D eigenvalue weighted by atomic mass is 35.5. The molecular weight excluding hydrogens is 475 g/mol. The number of hydrogen-bond donors (Lipinski definition) is 1. The highest BCUT2D eigenvalue weighted by Gasteiger charge is 2.28. The Balaban J connectivity index is 2.14. The van der Waals surface area contributed by atoms with Crippen molar-refractivity contribution in [3.05, 3.63) is 51.2 Å². The van der Waals surface area contributed by atoms with Crippen molar-refractivity contribution in [3.8, 4) is 0 Å². The van der Waals surface area contributed by atoms with Gasteiger partial charge in [0.25, 0.3) is 0 Å². The first-order chi connectivity index (χ1) is 14.5. The Bertz CT molecular complexity index is 960. The number of sulfonamides is 1. The zero-order valence-electron chi connectivity index (χ0n) is 16.7. The molecule has 0 fully saturated rings. The molecule has 11 heteroatoms. The summed E-state index contributed by atoms with van der Waals surface area (Å²) in [4.78, 5) is 12.7. The van der Waals surface area contributed by atoms with Crippen LogP contribution in [0.15, 0.2) is 41.3 Å². The molecule has 5 nitrogen and oxygen atoms in total. The molecule has 0 aliphatic rings. The number of benzene rings is 1. The van der Waals surface area contributed by atoms with Crippen LogP contribution >= 0.6 is 22.9 Å². The fourth-order valence-corrected chi connectivity index (χ4v) is 5.45. The molecule has 0 bridgehead atoms. The highest BCUT2D eigenvalue weighted by Crippen LogP contribution is 2.32. The van der Waals surface area contributed by atoms with Crippen molar-refractivity contribution in [2.45, 2.75) is 55.6 Å². The zero-order chi connectivity index (χ0) is 23.1. The van der Waals surface area contributed by atoms with Crippen LogP contribution in [0.3, 0.4) is 0 Å². The van der Waals surface area contributed by atoms with Gasteiger partial charge in [-0.25, -0.2) is 13.1 Å². The highest BCUT2D eigenvalue weighted by molar-refractivity contribution is 7.89. The summed E-state index contributed by atoms with van der Waals surface area (Å²) >= 11 is 7.11. The molecule has 0 amide bonds. The fourth-order valence-electron chi connectivity index (χ4n) is 2.86. The largest absolute Gasteiger partial charge is 0.469 e. The number of carbonyl (C=O) groups excluding carboxylic acids is 1. The van der Waals surface area contributed by atoms with Crippen LogP contribution in [-0.2, 0) is 26.0 Å². The molecule has 0 aliphatic heterocycles. The van der Waals surface area contributed by atoms with Gasteiger partial charge in [-0.05, 0) is 62.1 Å². The predicted octanol–water partition coefficient (Wildman–Crippen LogP) is 5.65. The molecular formula is C20H23ClF3NO4S2. The molecule has 1 atom stereocenters. The molecule has 0 saturated carbocycles. The van der Waals surface area contributed by atoms with Crippen molar-refractivity contribution in [2.24, 2.45) is 0 Å². The van der Waals surface area contributed by atoms with Gasteiger partial charge in [-0.2, -0.15) is 13.2 Å². The lowest BCUT2D eigenvalue weighted by Gasteiger charge is -2.18. The summed E-state index contributed by atoms with van der Waals surface area (Å²) in [7, 11) is -2.65. The van der Waals surface area contributed by atoms with Crippen LogP contribution < -0.4 is 4.72 Å². The number of methoxy groups -OCH3 is 1. The summed E-state index contributed by atoms with van der Waals surface area (Å²) in [5.41, 5.74) is 0. The minimum absolute atomic E-state index is 0.00551. The predicted molar refractivity (Wildman–Crippen MR) is 114 cm³/mol. The third kappa shape index (κ3) is 8.80. The summed E-state index contributed by atoms with van der Waals surface area (Å²) in [5, 5.41) is 0.371. The average molecular weight is 498 g/mol. The molecule has 31 heavy (non-hydrogen) atoms. The summed E-state index contributed by atoms with van der Waals surface area (Å²) in [6, 6.07) is 8.24. The Kier molecular flexibility index (Phi) is 9.35. The van der Waals surface area contributed by atoms with Gasteiger partial charge in [0.1, 0.15) is 0 Å². The van der Waals surface area contributed by atoms with Crippen LogP contribution in [0.25, 0.3) is 0 Å². The van der Waals surface area contributed by atoms with Crippen molar-refractivity contribution in [2.75, 3.05) is 7.11 Å². The number of aryl methyl sites for hydroxylation is 1. The molecule has 172 valence electrons. The van der Waals surface area contributed by atoms with Crippen molar-refractivity contribution in [1.29, 1.82) is 0 Å². The minimum Gasteiger partial charge on any atom is -0.469 e. The fraction of sp³-hybridized carbons (Fsp3) is 0.450. The SMILES string of the molecule is COC(=O)CCCc1ccc(C(CCCC(F)(F)F)NS(=O)(=O)c2ccc(Cl)cc2)s1. The van der Waals surface area contributed by atoms with Gasteiger partial charge in [0.15, 0.2) is 0 Å². The molecule has 0 saturated heterocycles. The van der Waals surface area contributed by atoms with E-state index in [1.807, 2.05) is 0 Å². The Hall–Kier alpha value is -1.62. The van der Waals surface area contributed by atoms with E-state index in [0.717, 1.165) is 4.88 Å². The van der Waals surface area contributed by atoms with Gasteiger partial charge in [0, 0.05) is 27.6 Å². The van der Waals surface area contributed by atoms with Crippen LogP contribution in [0.4, 0.5) is 13.2 Å². The van der Waals surface area contributed by atoms with Gasteiger partial charge in [0.05, 0.1) is 18.0 Å². The molecule has 2 aromatic rings. The third-order valence-electron chi connectivity index (χ3n) is 4.43. The normalized spacial score (nSPS) is 13.2. The van der Waals surface area contributed by atoms with E-state index in [1.165, 1.54) is 42.7 Å². The van der Waals surface area contributed by atoms with Gasteiger partial charge >= 0.3 is 12.1 Å². The molecule has 2 rings (SSSR count). The summed E-state index contributed by atoms with van der Waals surface area (Å²) < 4.78 is 70.4. The zero-order valence-corrected chi connectivity index (χ0v) is 19.1. The van der Waals surface area contributed by atoms with E-state index >= 15 is 0 Å². The van der Waals surface area contributed by atoms with Gasteiger partial charge in [-0.1, -0.05) is 11.6 Å². The number of rotatable bonds is 11. The van der Waals surface area contributed by atoms with Crippen molar-refractivity contribution < 1.29 is 31.1 Å². The number of nitrogens with one attached hydrogen (secondary N) is 1. The summed E-state index contributed by atoms with van der Waals surface area (Å²) in [6.07, 6.45) is -4.14. The maximum Gasteiger partial charge on any atom is 0.389 e. The third-order valence-corrected chi connectivity index (χ3v) is 7.43. The van der Waals surface area contributed by atoms with Crippen LogP contribution in [0.5, 0.6) is 0 Å². The molecule has 0 spiro atoms. The average Bonchev–Trinajstić information content (AvgIpc) is 3.15. The number of esters is 1. The molecule has 1 aromatic carbocycles. The lowest BCUT2D eigenvalue weighted by molar-refractivity contribution is -0.140. The lowest BCUT2D eigenvalue weighted by Crippen LogP contribution is -2.28. The smallest absolute Gasteiger partial charge is 0.389 e. The maximum atomic E-state index is 12.8. The topological polar surface area (TPSA) is 72.5 Å². The molecule has 1 N–H and O–H groups in total. The van der Waals surface area contributed by atoms with Crippen molar-refractivity contribution in [3.63, 3.8) is 0 Å². The summed E-state index contributed by atoms with van der Waals surface area (Å²) in [5.74, 6) is -0.322. The number of carbonyl (C=O) groups is 1. The first kappa shape index (κ1) is 25.6. The van der Waals surface area contributed by atoms with E-state index in [2.05, 4.69) is 9.46 Å². The quantitative estimate of drug-likeness (QED) is 0.407. The Morgan fingerprint density at radius 1 is 1.16 bits per heavy atom. The lowest BCUT2D eigenvalue weighted by atomic mass is 10.1. The van der Waals surface area contributed by atoms with Crippen molar-refractivity contribution >= 4 is 38.9 Å². The number of ether oxygens (including phenoxy) is 1. The van der Waals surface area contributed by atoms with E-state index in [1.54, 1.807) is 12.1 Å². The van der Waals surface area contributed by atoms with E-state index < -0.39 is 28.7 Å². The molecule has 0 radical (unpaired) electrons. The second kappa shape index (κ2) is 11.3. The number of thiophene rings is 1. The second-order valence-corrected chi connectivity index (χ2v) is 10.2. The number of alkyl halides is 3. The van der Waals surface area contributed by atoms with E-state index in [-0.39, 0.29) is 30.1 Å². The molecule has 1 unspecified atom stereocenters. The van der Waals surface area contributed by atoms with Gasteiger partial charge in [0.2, 0.25) is 10.0 Å². The van der Waals surface area contributed by atoms with E-state index in [0.29, 0.717) is 22.7 Å². The van der Waals surface area contributed by atoms with Crippen LogP contribution in [0.1, 0.15) is 47.9 Å². The molecule has 1 aromatic heterocycles. The Morgan fingerprint density at radius 2 is 1.84 bits per heavy atom. The minimum atomic E-state index is -4.31. The van der Waals surface area contributed by atoms with E-state index in [9.17, 15) is 26.4 Å². The molecule has 0 aliphatic carbocycles. The van der Waals surface area contributed by atoms with Gasteiger partial charge in [-0.15, -0.1) is 11.3 Å².